The van der Waals surface area contributed by atoms with Crippen LogP contribution in [0.1, 0.15) is 16.1 Å². The average molecular weight is 333 g/mol. The maximum absolute atomic E-state index is 12.3. The van der Waals surface area contributed by atoms with Crippen molar-refractivity contribution in [1.29, 1.82) is 0 Å². The summed E-state index contributed by atoms with van der Waals surface area (Å²) in [6.45, 7) is 1.36. The van der Waals surface area contributed by atoms with E-state index in [1.807, 2.05) is 0 Å². The van der Waals surface area contributed by atoms with Crippen molar-refractivity contribution in [2.24, 2.45) is 0 Å². The first kappa shape index (κ1) is 15.9. The molecule has 1 aromatic heterocycles. The zero-order valence-electron chi connectivity index (χ0n) is 11.4. The molecule has 1 aliphatic heterocycles. The molecular formula is C11H15N3O5S2. The van der Waals surface area contributed by atoms with Gasteiger partial charge in [-0.1, -0.05) is 11.3 Å². The summed E-state index contributed by atoms with van der Waals surface area (Å²) < 4.78 is 24.4. The number of hydrogen-bond acceptors (Lipinski definition) is 6. The largest absolute Gasteiger partial charge is 0.337 e. The minimum atomic E-state index is -3.26. The second-order valence-corrected chi connectivity index (χ2v) is 7.75. The van der Waals surface area contributed by atoms with Crippen molar-refractivity contribution in [3.63, 3.8) is 0 Å². The first-order valence-corrected chi connectivity index (χ1v) is 8.94. The van der Waals surface area contributed by atoms with Gasteiger partial charge in [0.05, 0.1) is 16.1 Å². The molecule has 0 aromatic carbocycles. The van der Waals surface area contributed by atoms with E-state index in [9.17, 15) is 23.3 Å². The molecule has 0 unspecified atom stereocenters. The van der Waals surface area contributed by atoms with Crippen molar-refractivity contribution in [1.82, 2.24) is 9.21 Å². The fraction of sp³-hybridized carbons (Fsp3) is 0.545. The van der Waals surface area contributed by atoms with E-state index in [-0.39, 0.29) is 24.0 Å². The van der Waals surface area contributed by atoms with Gasteiger partial charge in [-0.05, 0) is 12.5 Å². The van der Waals surface area contributed by atoms with Gasteiger partial charge in [-0.25, -0.2) is 12.7 Å². The maximum atomic E-state index is 12.3. The smallest absolute Gasteiger partial charge is 0.324 e. The van der Waals surface area contributed by atoms with Crippen LogP contribution in [0.15, 0.2) is 12.1 Å². The molecule has 2 heterocycles. The summed E-state index contributed by atoms with van der Waals surface area (Å²) in [5.74, 6) is -0.288. The first-order valence-electron chi connectivity index (χ1n) is 6.27. The SMILES string of the molecule is CS(=O)(=O)N1CCCN(C(=O)c2ccc([N+](=O)[O-])s2)CC1. The number of rotatable bonds is 3. The van der Waals surface area contributed by atoms with Gasteiger partial charge in [0, 0.05) is 32.2 Å². The predicted molar refractivity (Wildman–Crippen MR) is 77.9 cm³/mol. The van der Waals surface area contributed by atoms with Gasteiger partial charge in [-0.15, -0.1) is 0 Å². The number of amides is 1. The Balaban J connectivity index is 2.08. The summed E-state index contributed by atoms with van der Waals surface area (Å²) in [7, 11) is -3.26. The third kappa shape index (κ3) is 3.77. The molecule has 0 bridgehead atoms. The van der Waals surface area contributed by atoms with Crippen molar-refractivity contribution in [2.45, 2.75) is 6.42 Å². The van der Waals surface area contributed by atoms with E-state index in [0.29, 0.717) is 24.4 Å². The van der Waals surface area contributed by atoms with Crippen LogP contribution in [0.3, 0.4) is 0 Å². The lowest BCUT2D eigenvalue weighted by Crippen LogP contribution is -2.36. The number of carbonyl (C=O) groups is 1. The van der Waals surface area contributed by atoms with Gasteiger partial charge in [0.1, 0.15) is 0 Å². The number of nitrogens with zero attached hydrogens (tertiary/aromatic N) is 3. The third-order valence-corrected chi connectivity index (χ3v) is 5.52. The van der Waals surface area contributed by atoms with Crippen molar-refractivity contribution >= 4 is 32.3 Å². The Morgan fingerprint density at radius 3 is 2.57 bits per heavy atom. The zero-order valence-corrected chi connectivity index (χ0v) is 13.0. The molecule has 1 fully saturated rings. The highest BCUT2D eigenvalue weighted by atomic mass is 32.2. The van der Waals surface area contributed by atoms with Crippen molar-refractivity contribution in [2.75, 3.05) is 32.4 Å². The van der Waals surface area contributed by atoms with E-state index in [2.05, 4.69) is 0 Å². The van der Waals surface area contributed by atoms with Gasteiger partial charge >= 0.3 is 5.00 Å². The molecule has 1 amide bonds. The molecule has 1 saturated heterocycles. The molecule has 0 aliphatic carbocycles. The second kappa shape index (κ2) is 6.08. The molecule has 8 nitrogen and oxygen atoms in total. The topological polar surface area (TPSA) is 101 Å². The summed E-state index contributed by atoms with van der Waals surface area (Å²) in [6.07, 6.45) is 1.69. The molecule has 0 N–H and O–H groups in total. The summed E-state index contributed by atoms with van der Waals surface area (Å²) in [5.41, 5.74) is 0. The lowest BCUT2D eigenvalue weighted by molar-refractivity contribution is -0.380. The van der Waals surface area contributed by atoms with E-state index in [0.717, 1.165) is 17.6 Å². The molecular weight excluding hydrogens is 318 g/mol. The van der Waals surface area contributed by atoms with Crippen molar-refractivity contribution < 1.29 is 18.1 Å². The summed E-state index contributed by atoms with van der Waals surface area (Å²) in [6, 6.07) is 2.74. The fourth-order valence-corrected chi connectivity index (χ4v) is 3.79. The van der Waals surface area contributed by atoms with Crippen LogP contribution in [0.25, 0.3) is 0 Å². The lowest BCUT2D eigenvalue weighted by Gasteiger charge is -2.20. The number of nitro groups is 1. The molecule has 0 saturated carbocycles. The molecule has 21 heavy (non-hydrogen) atoms. The molecule has 1 aliphatic rings. The van der Waals surface area contributed by atoms with Gasteiger partial charge in [0.25, 0.3) is 5.91 Å². The van der Waals surface area contributed by atoms with Crippen LogP contribution in [-0.2, 0) is 10.0 Å². The fourth-order valence-electron chi connectivity index (χ4n) is 2.13. The Hall–Kier alpha value is -1.52. The summed E-state index contributed by atoms with van der Waals surface area (Å²) in [4.78, 5) is 24.2. The molecule has 1 aromatic rings. The zero-order chi connectivity index (χ0) is 15.6. The van der Waals surface area contributed by atoms with Crippen LogP contribution < -0.4 is 0 Å². The van der Waals surface area contributed by atoms with Gasteiger partial charge in [0.2, 0.25) is 10.0 Å². The Bertz CT molecular complexity index is 655. The van der Waals surface area contributed by atoms with Gasteiger partial charge in [0.15, 0.2) is 0 Å². The van der Waals surface area contributed by atoms with Crippen LogP contribution in [0.4, 0.5) is 5.00 Å². The second-order valence-electron chi connectivity index (χ2n) is 4.70. The highest BCUT2D eigenvalue weighted by Crippen LogP contribution is 2.25. The molecule has 2 rings (SSSR count). The Kier molecular flexibility index (Phi) is 4.59. The molecule has 0 spiro atoms. The number of carbonyl (C=O) groups excluding carboxylic acids is 1. The monoisotopic (exact) mass is 333 g/mol. The van der Waals surface area contributed by atoms with Crippen LogP contribution in [0, 0.1) is 10.1 Å². The minimum absolute atomic E-state index is 0.0778. The van der Waals surface area contributed by atoms with Gasteiger partial charge < -0.3 is 4.90 Å². The Morgan fingerprint density at radius 1 is 1.29 bits per heavy atom. The highest BCUT2D eigenvalue weighted by molar-refractivity contribution is 7.88. The molecule has 116 valence electrons. The van der Waals surface area contributed by atoms with Crippen molar-refractivity contribution in [3.05, 3.63) is 27.1 Å². The minimum Gasteiger partial charge on any atom is -0.337 e. The van der Waals surface area contributed by atoms with E-state index >= 15 is 0 Å². The van der Waals surface area contributed by atoms with Crippen LogP contribution >= 0.6 is 11.3 Å². The molecule has 0 atom stereocenters. The molecule has 0 radical (unpaired) electrons. The average Bonchev–Trinajstić information content (AvgIpc) is 2.74. The normalized spacial score (nSPS) is 17.5. The van der Waals surface area contributed by atoms with E-state index in [1.54, 1.807) is 4.90 Å². The lowest BCUT2D eigenvalue weighted by atomic mass is 10.3. The summed E-state index contributed by atoms with van der Waals surface area (Å²) in [5, 5.41) is 10.6. The van der Waals surface area contributed by atoms with Crippen LogP contribution in [0.2, 0.25) is 0 Å². The first-order chi connectivity index (χ1) is 9.79. The molecule has 10 heteroatoms. The maximum Gasteiger partial charge on any atom is 0.324 e. The number of sulfonamides is 1. The van der Waals surface area contributed by atoms with Gasteiger partial charge in [-0.3, -0.25) is 14.9 Å². The quantitative estimate of drug-likeness (QED) is 0.600. The van der Waals surface area contributed by atoms with Crippen LogP contribution in [0.5, 0.6) is 0 Å². The van der Waals surface area contributed by atoms with Crippen LogP contribution in [-0.4, -0.2) is 60.9 Å². The number of hydrogen-bond donors (Lipinski definition) is 0. The van der Waals surface area contributed by atoms with E-state index < -0.39 is 14.9 Å². The van der Waals surface area contributed by atoms with E-state index in [1.165, 1.54) is 16.4 Å². The van der Waals surface area contributed by atoms with Crippen molar-refractivity contribution in [3.8, 4) is 0 Å². The third-order valence-electron chi connectivity index (χ3n) is 3.19. The van der Waals surface area contributed by atoms with Gasteiger partial charge in [-0.2, -0.15) is 0 Å². The highest BCUT2D eigenvalue weighted by Gasteiger charge is 2.26. The van der Waals surface area contributed by atoms with E-state index in [4.69, 9.17) is 0 Å². The predicted octanol–water partition coefficient (Wildman–Crippen LogP) is 0.764. The summed E-state index contributed by atoms with van der Waals surface area (Å²) >= 11 is 0.834. The Morgan fingerprint density at radius 2 is 2.00 bits per heavy atom. The Labute approximate surface area is 126 Å². The standard InChI is InChI=1S/C11H15N3O5S2/c1-21(18,19)13-6-2-5-12(7-8-13)11(15)9-3-4-10(20-9)14(16)17/h3-4H,2,5-8H2,1H3. The number of thiophene rings is 1.